The highest BCUT2D eigenvalue weighted by molar-refractivity contribution is 8.14. The number of nitrogens with zero attached hydrogens (tertiary/aromatic N) is 3. The van der Waals surface area contributed by atoms with Gasteiger partial charge in [-0.3, -0.25) is 29.6 Å². The maximum atomic E-state index is 11.9. The van der Waals surface area contributed by atoms with E-state index in [9.17, 15) is 19.7 Å². The number of amides is 2. The maximum Gasteiger partial charge on any atom is 0.288 e. The average Bonchev–Trinajstić information content (AvgIpc) is 3.17. The number of imide groups is 1. The number of nitro groups is 1. The molecule has 1 unspecified atom stereocenters. The van der Waals surface area contributed by atoms with Crippen LogP contribution in [0.2, 0.25) is 0 Å². The lowest BCUT2D eigenvalue weighted by Crippen LogP contribution is -2.31. The minimum atomic E-state index is -0.414. The second-order valence-electron chi connectivity index (χ2n) is 7.51. The van der Waals surface area contributed by atoms with E-state index in [0.717, 1.165) is 28.5 Å². The van der Waals surface area contributed by atoms with Crippen molar-refractivity contribution in [2.24, 2.45) is 0 Å². The molecule has 0 aliphatic carbocycles. The van der Waals surface area contributed by atoms with Crippen LogP contribution in [0.1, 0.15) is 17.9 Å². The predicted octanol–water partition coefficient (Wildman–Crippen LogP) is 4.90. The van der Waals surface area contributed by atoms with Gasteiger partial charge in [-0.15, -0.1) is 0 Å². The number of ether oxygens (including phenoxy) is 1. The van der Waals surface area contributed by atoms with E-state index in [2.05, 4.69) is 4.98 Å². The molecule has 0 saturated carbocycles. The van der Waals surface area contributed by atoms with Gasteiger partial charge in [-0.25, -0.2) is 0 Å². The smallest absolute Gasteiger partial charge is 0.288 e. The van der Waals surface area contributed by atoms with Crippen LogP contribution in [0.3, 0.4) is 0 Å². The molecular formula is C24H21N3O5S. The molecule has 168 valence electrons. The Morgan fingerprint density at radius 2 is 1.82 bits per heavy atom. The first-order valence-corrected chi connectivity index (χ1v) is 11.3. The van der Waals surface area contributed by atoms with E-state index in [1.54, 1.807) is 18.5 Å². The SMILES string of the molecule is O=C1CSC(=O)N1CCC(COc1ccc(-c2cccc([N+](=O)[O-])c2)cc1)c1ccncc1. The van der Waals surface area contributed by atoms with Crippen molar-refractivity contribution in [2.75, 3.05) is 18.9 Å². The number of non-ortho nitro benzene ring substituents is 1. The summed E-state index contributed by atoms with van der Waals surface area (Å²) in [5.74, 6) is 0.672. The summed E-state index contributed by atoms with van der Waals surface area (Å²) < 4.78 is 6.02. The minimum Gasteiger partial charge on any atom is -0.493 e. The molecule has 2 aromatic carbocycles. The molecule has 2 heterocycles. The van der Waals surface area contributed by atoms with Crippen molar-refractivity contribution in [3.8, 4) is 16.9 Å². The molecule has 0 N–H and O–H groups in total. The van der Waals surface area contributed by atoms with Crippen LogP contribution in [0, 0.1) is 10.1 Å². The summed E-state index contributed by atoms with van der Waals surface area (Å²) in [6.45, 7) is 0.705. The second-order valence-corrected chi connectivity index (χ2v) is 8.44. The van der Waals surface area contributed by atoms with Crippen LogP contribution in [0.5, 0.6) is 5.75 Å². The Balaban J connectivity index is 1.43. The first-order chi connectivity index (χ1) is 16.0. The number of aromatic nitrogens is 1. The van der Waals surface area contributed by atoms with E-state index in [1.807, 2.05) is 42.5 Å². The standard InChI is InChI=1S/C24H21N3O5S/c28-23-16-33-24(29)26(23)13-10-20(18-8-11-25-12-9-18)15-32-22-6-4-17(5-7-22)19-2-1-3-21(14-19)27(30)31/h1-9,11-12,14,20H,10,13,15-16H2. The molecule has 0 radical (unpaired) electrons. The number of hydrogen-bond acceptors (Lipinski definition) is 7. The van der Waals surface area contributed by atoms with Crippen LogP contribution in [0.25, 0.3) is 11.1 Å². The quantitative estimate of drug-likeness (QED) is 0.328. The predicted molar refractivity (Wildman–Crippen MR) is 125 cm³/mol. The summed E-state index contributed by atoms with van der Waals surface area (Å²) in [5.41, 5.74) is 2.66. The molecular weight excluding hydrogens is 442 g/mol. The van der Waals surface area contributed by atoms with Gasteiger partial charge in [0.05, 0.1) is 17.3 Å². The van der Waals surface area contributed by atoms with E-state index in [0.29, 0.717) is 25.3 Å². The zero-order valence-electron chi connectivity index (χ0n) is 17.6. The van der Waals surface area contributed by atoms with Gasteiger partial charge < -0.3 is 4.74 Å². The molecule has 1 saturated heterocycles. The summed E-state index contributed by atoms with van der Waals surface area (Å²) in [6, 6.07) is 17.6. The van der Waals surface area contributed by atoms with Crippen molar-refractivity contribution in [1.29, 1.82) is 0 Å². The normalized spacial score (nSPS) is 14.4. The lowest BCUT2D eigenvalue weighted by atomic mass is 9.97. The fourth-order valence-corrected chi connectivity index (χ4v) is 4.36. The lowest BCUT2D eigenvalue weighted by Gasteiger charge is -2.21. The zero-order valence-corrected chi connectivity index (χ0v) is 18.4. The van der Waals surface area contributed by atoms with Gasteiger partial charge in [-0.2, -0.15) is 0 Å². The van der Waals surface area contributed by atoms with Crippen LogP contribution in [0.15, 0.2) is 73.1 Å². The van der Waals surface area contributed by atoms with E-state index in [1.165, 1.54) is 17.0 Å². The third kappa shape index (κ3) is 5.56. The van der Waals surface area contributed by atoms with Crippen LogP contribution in [0.4, 0.5) is 10.5 Å². The molecule has 4 rings (SSSR count). The molecule has 8 nitrogen and oxygen atoms in total. The van der Waals surface area contributed by atoms with Gasteiger partial charge in [-0.1, -0.05) is 36.0 Å². The zero-order chi connectivity index (χ0) is 23.2. The number of thioether (sulfide) groups is 1. The van der Waals surface area contributed by atoms with Gasteiger partial charge in [0.2, 0.25) is 5.91 Å². The molecule has 1 atom stereocenters. The Labute approximate surface area is 194 Å². The Hall–Kier alpha value is -3.72. The van der Waals surface area contributed by atoms with Gasteiger partial charge in [0.15, 0.2) is 0 Å². The number of benzene rings is 2. The van der Waals surface area contributed by atoms with E-state index in [4.69, 9.17) is 4.74 Å². The summed E-state index contributed by atoms with van der Waals surface area (Å²) >= 11 is 1.03. The number of hydrogen-bond donors (Lipinski definition) is 0. The van der Waals surface area contributed by atoms with Gasteiger partial charge in [0.1, 0.15) is 5.75 Å². The van der Waals surface area contributed by atoms with Crippen LogP contribution in [-0.4, -0.2) is 44.9 Å². The number of nitro benzene ring substituents is 1. The molecule has 0 bridgehead atoms. The van der Waals surface area contributed by atoms with Crippen molar-refractivity contribution >= 4 is 28.6 Å². The molecule has 1 aromatic heterocycles. The van der Waals surface area contributed by atoms with Gasteiger partial charge in [0.25, 0.3) is 10.9 Å². The van der Waals surface area contributed by atoms with E-state index < -0.39 is 4.92 Å². The third-order valence-corrected chi connectivity index (χ3v) is 6.27. The van der Waals surface area contributed by atoms with Crippen LogP contribution < -0.4 is 4.74 Å². The van der Waals surface area contributed by atoms with Crippen LogP contribution in [-0.2, 0) is 4.79 Å². The number of carbonyl (C=O) groups excluding carboxylic acids is 2. The van der Waals surface area contributed by atoms with Crippen molar-refractivity contribution in [3.05, 3.63) is 88.7 Å². The molecule has 3 aromatic rings. The summed E-state index contributed by atoms with van der Waals surface area (Å²) in [7, 11) is 0. The van der Waals surface area contributed by atoms with Gasteiger partial charge >= 0.3 is 0 Å². The first kappa shape index (κ1) is 22.5. The topological polar surface area (TPSA) is 103 Å². The Kier molecular flexibility index (Phi) is 6.99. The number of rotatable bonds is 9. The average molecular weight is 464 g/mol. The fraction of sp³-hybridized carbons (Fsp3) is 0.208. The second kappa shape index (κ2) is 10.3. The van der Waals surface area contributed by atoms with E-state index in [-0.39, 0.29) is 28.5 Å². The van der Waals surface area contributed by atoms with Crippen molar-refractivity contribution in [1.82, 2.24) is 9.88 Å². The molecule has 2 amide bonds. The minimum absolute atomic E-state index is 0.0318. The molecule has 1 fully saturated rings. The highest BCUT2D eigenvalue weighted by Crippen LogP contribution is 2.28. The fourth-order valence-electron chi connectivity index (χ4n) is 3.60. The largest absolute Gasteiger partial charge is 0.493 e. The van der Waals surface area contributed by atoms with Crippen molar-refractivity contribution in [2.45, 2.75) is 12.3 Å². The highest BCUT2D eigenvalue weighted by Gasteiger charge is 2.30. The van der Waals surface area contributed by atoms with E-state index >= 15 is 0 Å². The molecule has 0 spiro atoms. The Morgan fingerprint density at radius 3 is 2.48 bits per heavy atom. The molecule has 1 aliphatic heterocycles. The number of pyridine rings is 1. The van der Waals surface area contributed by atoms with Gasteiger partial charge in [0, 0.05) is 37.0 Å². The summed E-state index contributed by atoms with van der Waals surface area (Å²) in [5, 5.41) is 10.8. The highest BCUT2D eigenvalue weighted by atomic mass is 32.2. The Bertz CT molecular complexity index is 1140. The van der Waals surface area contributed by atoms with Gasteiger partial charge in [-0.05, 0) is 47.4 Å². The number of carbonyl (C=O) groups is 2. The van der Waals surface area contributed by atoms with Crippen molar-refractivity contribution < 1.29 is 19.2 Å². The molecule has 1 aliphatic rings. The third-order valence-electron chi connectivity index (χ3n) is 5.42. The molecule has 9 heteroatoms. The monoisotopic (exact) mass is 463 g/mol. The maximum absolute atomic E-state index is 11.9. The summed E-state index contributed by atoms with van der Waals surface area (Å²) in [4.78, 5) is 39.8. The summed E-state index contributed by atoms with van der Waals surface area (Å²) in [6.07, 6.45) is 3.99. The van der Waals surface area contributed by atoms with Crippen molar-refractivity contribution in [3.63, 3.8) is 0 Å². The lowest BCUT2D eigenvalue weighted by molar-refractivity contribution is -0.384. The first-order valence-electron chi connectivity index (χ1n) is 10.4. The Morgan fingerprint density at radius 1 is 1.06 bits per heavy atom. The molecule has 33 heavy (non-hydrogen) atoms. The van der Waals surface area contributed by atoms with Crippen LogP contribution >= 0.6 is 11.8 Å².